The number of hydrogen-bond acceptors (Lipinski definition) is 3. The van der Waals surface area contributed by atoms with Crippen molar-refractivity contribution in [2.45, 2.75) is 0 Å². The molecule has 88 valence electrons. The number of nitrogens with one attached hydrogen (secondary N) is 1. The Morgan fingerprint density at radius 3 is 1.59 bits per heavy atom. The van der Waals surface area contributed by atoms with Crippen molar-refractivity contribution < 1.29 is 53.7 Å². The van der Waals surface area contributed by atoms with Crippen molar-refractivity contribution >= 4 is 31.9 Å². The number of carbonyl (C=O) groups excluding carboxylic acids is 2. The number of hydrogen-bond donors (Lipinski definition) is 4. The van der Waals surface area contributed by atoms with Gasteiger partial charge in [0, 0.05) is 0 Å². The van der Waals surface area contributed by atoms with Gasteiger partial charge >= 0.3 is 62.8 Å². The van der Waals surface area contributed by atoms with Gasteiger partial charge in [-0.25, -0.2) is 0 Å². The molecular formula is C8H9NNaO6Sb. The molecule has 1 aliphatic heterocycles. The van der Waals surface area contributed by atoms with Gasteiger partial charge in [-0.3, -0.25) is 14.9 Å². The van der Waals surface area contributed by atoms with Gasteiger partial charge in [0.2, 0.25) is 0 Å². The van der Waals surface area contributed by atoms with E-state index in [1.807, 2.05) is 0 Å². The molecule has 17 heavy (non-hydrogen) atoms. The van der Waals surface area contributed by atoms with Crippen LogP contribution in [-0.2, 0) is 3.02 Å². The Morgan fingerprint density at radius 1 is 1.00 bits per heavy atom. The van der Waals surface area contributed by atoms with Crippen LogP contribution < -0.4 is 34.9 Å². The van der Waals surface area contributed by atoms with Crippen molar-refractivity contribution in [3.63, 3.8) is 0 Å². The zero-order valence-corrected chi connectivity index (χ0v) is 13.4. The molecule has 0 fully saturated rings. The van der Waals surface area contributed by atoms with Crippen LogP contribution in [0.2, 0.25) is 0 Å². The van der Waals surface area contributed by atoms with E-state index in [0.717, 1.165) is 0 Å². The van der Waals surface area contributed by atoms with Gasteiger partial charge in [-0.05, 0) is 12.1 Å². The molecule has 2 amide bonds. The summed E-state index contributed by atoms with van der Waals surface area (Å²) in [6.45, 7) is 0. The third kappa shape index (κ3) is 5.83. The van der Waals surface area contributed by atoms with Crippen LogP contribution >= 0.6 is 0 Å². The Hall–Kier alpha value is -0.142. The molecule has 2 rings (SSSR count). The van der Waals surface area contributed by atoms with E-state index < -0.39 is 20.1 Å². The van der Waals surface area contributed by atoms with E-state index in [1.54, 1.807) is 24.3 Å². The molecule has 0 saturated carbocycles. The zero-order valence-electron chi connectivity index (χ0n) is 9.82. The van der Waals surface area contributed by atoms with Crippen molar-refractivity contribution in [1.29, 1.82) is 0 Å². The molecule has 1 heterocycles. The summed E-state index contributed by atoms with van der Waals surface area (Å²) in [6, 6.07) is 6.74. The topological polar surface area (TPSA) is 124 Å². The van der Waals surface area contributed by atoms with Gasteiger partial charge in [-0.2, -0.15) is 0 Å². The summed E-state index contributed by atoms with van der Waals surface area (Å²) >= 11 is -5.35. The molecule has 0 radical (unpaired) electrons. The molecule has 1 aromatic rings. The quantitative estimate of drug-likeness (QED) is 0.273. The van der Waals surface area contributed by atoms with Gasteiger partial charge in [0.15, 0.2) is 0 Å². The summed E-state index contributed by atoms with van der Waals surface area (Å²) in [7, 11) is 0. The number of rotatable bonds is 0. The van der Waals surface area contributed by atoms with Crippen molar-refractivity contribution in [3.05, 3.63) is 35.4 Å². The van der Waals surface area contributed by atoms with Crippen LogP contribution in [0.4, 0.5) is 0 Å². The summed E-state index contributed by atoms with van der Waals surface area (Å²) in [6.07, 6.45) is 0. The predicted octanol–water partition coefficient (Wildman–Crippen LogP) is -4.48. The molecule has 0 saturated heterocycles. The van der Waals surface area contributed by atoms with Crippen LogP contribution in [0, 0.1) is 0 Å². The first-order chi connectivity index (χ1) is 7.29. The average Bonchev–Trinajstić information content (AvgIpc) is 2.41. The first-order valence-corrected chi connectivity index (χ1v) is 8.49. The second kappa shape index (κ2) is 6.70. The Kier molecular flexibility index (Phi) is 6.64. The minimum absolute atomic E-state index is 0. The molecule has 0 aromatic heterocycles. The van der Waals surface area contributed by atoms with Gasteiger partial charge in [0.1, 0.15) is 0 Å². The standard InChI is InChI=1S/C8H5NO2.Na.3H2O.O.Sb.H/c10-7-5-3-1-2-4-6(5)8(11)9-7;;;;;;;/h1-4H,(H,9,10,11);;3*1H2;;;/q;+1;;;;;+3;-1/p-3. The first kappa shape index (κ1) is 16.9. The van der Waals surface area contributed by atoms with E-state index >= 15 is 0 Å². The first-order valence-electron chi connectivity index (χ1n) is 4.02. The number of amides is 2. The summed E-state index contributed by atoms with van der Waals surface area (Å²) in [5.74, 6) is -0.601. The molecular weight excluding hydrogens is 351 g/mol. The number of fused-ring (bicyclic) bond motifs is 1. The van der Waals surface area contributed by atoms with E-state index in [0.29, 0.717) is 11.1 Å². The Morgan fingerprint density at radius 2 is 1.29 bits per heavy atom. The molecule has 0 bridgehead atoms. The van der Waals surface area contributed by atoms with Gasteiger partial charge < -0.3 is 1.43 Å². The fourth-order valence-corrected chi connectivity index (χ4v) is 1.12. The SMILES string of the molecule is O=C1NC(=O)c2ccccc21.[H-].[Na+].[O]=[Sb]([OH])([OH])[OH]. The summed E-state index contributed by atoms with van der Waals surface area (Å²) in [5, 5.41) is 2.20. The maximum atomic E-state index is 10.9. The second-order valence-electron chi connectivity index (χ2n) is 2.84. The van der Waals surface area contributed by atoms with Crippen LogP contribution in [0.3, 0.4) is 0 Å². The van der Waals surface area contributed by atoms with Gasteiger partial charge in [0.05, 0.1) is 11.1 Å². The summed E-state index contributed by atoms with van der Waals surface area (Å²) in [4.78, 5) is 21.9. The Bertz CT molecular complexity index is 449. The van der Waals surface area contributed by atoms with Gasteiger partial charge in [-0.15, -0.1) is 0 Å². The molecule has 7 nitrogen and oxygen atoms in total. The Balaban J connectivity index is 0. The van der Waals surface area contributed by atoms with E-state index in [9.17, 15) is 9.59 Å². The summed E-state index contributed by atoms with van der Waals surface area (Å²) < 4.78 is 30.8. The molecule has 0 aliphatic carbocycles. The molecule has 1 aliphatic rings. The molecule has 0 unspecified atom stereocenters. The third-order valence-corrected chi connectivity index (χ3v) is 1.64. The average molecular weight is 360 g/mol. The monoisotopic (exact) mass is 359 g/mol. The fourth-order valence-electron chi connectivity index (χ4n) is 1.12. The molecule has 4 N–H and O–H groups in total. The number of benzene rings is 1. The fraction of sp³-hybridized carbons (Fsp3) is 0. The molecule has 1 aromatic carbocycles. The predicted molar refractivity (Wildman–Crippen MR) is 52.4 cm³/mol. The van der Waals surface area contributed by atoms with Crippen LogP contribution in [0.25, 0.3) is 0 Å². The van der Waals surface area contributed by atoms with E-state index in [1.165, 1.54) is 0 Å². The Labute approximate surface area is 125 Å². The van der Waals surface area contributed by atoms with Crippen molar-refractivity contribution in [3.8, 4) is 0 Å². The minimum atomic E-state index is -5.35. The maximum absolute atomic E-state index is 10.9. The van der Waals surface area contributed by atoms with Crippen LogP contribution in [-0.4, -0.2) is 42.0 Å². The van der Waals surface area contributed by atoms with Gasteiger partial charge in [0.25, 0.3) is 11.8 Å². The number of carbonyl (C=O) groups is 2. The van der Waals surface area contributed by atoms with Crippen LogP contribution in [0.15, 0.2) is 24.3 Å². The van der Waals surface area contributed by atoms with E-state index in [2.05, 4.69) is 5.32 Å². The molecule has 9 heteroatoms. The molecule has 0 spiro atoms. The van der Waals surface area contributed by atoms with Crippen molar-refractivity contribution in [2.75, 3.05) is 0 Å². The van der Waals surface area contributed by atoms with Crippen molar-refractivity contribution in [1.82, 2.24) is 5.32 Å². The third-order valence-electron chi connectivity index (χ3n) is 1.64. The zero-order chi connectivity index (χ0) is 12.3. The molecule has 0 atom stereocenters. The van der Waals surface area contributed by atoms with E-state index in [-0.39, 0.29) is 42.8 Å². The van der Waals surface area contributed by atoms with Crippen LogP contribution in [0.1, 0.15) is 22.1 Å². The second-order valence-corrected chi connectivity index (χ2v) is 5.77. The van der Waals surface area contributed by atoms with Crippen LogP contribution in [0.5, 0.6) is 0 Å². The van der Waals surface area contributed by atoms with Gasteiger partial charge in [-0.1, -0.05) is 12.1 Å². The number of imide groups is 1. The summed E-state index contributed by atoms with van der Waals surface area (Å²) in [5.41, 5.74) is 0.940. The van der Waals surface area contributed by atoms with E-state index in [4.69, 9.17) is 13.2 Å². The normalized spacial score (nSPS) is 12.9. The van der Waals surface area contributed by atoms with Crippen molar-refractivity contribution in [2.24, 2.45) is 0 Å².